The van der Waals surface area contributed by atoms with Crippen molar-refractivity contribution in [3.8, 4) is 17.2 Å². The third-order valence-electron chi connectivity index (χ3n) is 3.92. The lowest BCUT2D eigenvalue weighted by Gasteiger charge is -2.11. The van der Waals surface area contributed by atoms with Crippen LogP contribution in [-0.2, 0) is 14.3 Å². The lowest BCUT2D eigenvalue weighted by atomic mass is 10.1. The minimum Gasteiger partial charge on any atom is -0.482 e. The molecule has 26 heavy (non-hydrogen) atoms. The average molecular weight is 357 g/mol. The van der Waals surface area contributed by atoms with Gasteiger partial charge in [0, 0.05) is 11.8 Å². The summed E-state index contributed by atoms with van der Waals surface area (Å²) >= 11 is 0. The molecule has 0 saturated carbocycles. The van der Waals surface area contributed by atoms with Crippen LogP contribution in [0.2, 0.25) is 0 Å². The number of carbonyl (C=O) groups is 2. The first-order valence-corrected chi connectivity index (χ1v) is 8.07. The molecule has 0 aliphatic carbocycles. The van der Waals surface area contributed by atoms with E-state index in [1.165, 1.54) is 0 Å². The van der Waals surface area contributed by atoms with Crippen LogP contribution in [0.5, 0.6) is 17.2 Å². The summed E-state index contributed by atoms with van der Waals surface area (Å²) in [5.41, 5.74) is 2.56. The first-order valence-electron chi connectivity index (χ1n) is 8.07. The molecular formula is C19H19NO6. The van der Waals surface area contributed by atoms with Crippen LogP contribution >= 0.6 is 0 Å². The van der Waals surface area contributed by atoms with Gasteiger partial charge in [0.2, 0.25) is 6.79 Å². The van der Waals surface area contributed by atoms with Crippen molar-refractivity contribution < 1.29 is 28.5 Å². The number of benzene rings is 2. The van der Waals surface area contributed by atoms with E-state index in [2.05, 4.69) is 5.32 Å². The van der Waals surface area contributed by atoms with Gasteiger partial charge in [-0.2, -0.15) is 0 Å². The molecule has 136 valence electrons. The molecular weight excluding hydrogens is 338 g/mol. The second-order valence-electron chi connectivity index (χ2n) is 5.76. The van der Waals surface area contributed by atoms with Crippen molar-refractivity contribution in [2.45, 2.75) is 13.8 Å². The van der Waals surface area contributed by atoms with E-state index in [0.717, 1.165) is 11.1 Å². The average Bonchev–Trinajstić information content (AvgIpc) is 3.09. The van der Waals surface area contributed by atoms with Crippen molar-refractivity contribution in [3.63, 3.8) is 0 Å². The van der Waals surface area contributed by atoms with Crippen molar-refractivity contribution in [2.24, 2.45) is 0 Å². The summed E-state index contributed by atoms with van der Waals surface area (Å²) in [4.78, 5) is 23.6. The molecule has 2 aromatic rings. The van der Waals surface area contributed by atoms with Crippen LogP contribution in [0.1, 0.15) is 11.1 Å². The van der Waals surface area contributed by atoms with Crippen LogP contribution in [0.3, 0.4) is 0 Å². The van der Waals surface area contributed by atoms with E-state index >= 15 is 0 Å². The molecule has 1 N–H and O–H groups in total. The summed E-state index contributed by atoms with van der Waals surface area (Å²) < 4.78 is 20.8. The van der Waals surface area contributed by atoms with Gasteiger partial charge in [-0.3, -0.25) is 4.79 Å². The fraction of sp³-hybridized carbons (Fsp3) is 0.263. The Kier molecular flexibility index (Phi) is 5.26. The maximum absolute atomic E-state index is 11.9. The van der Waals surface area contributed by atoms with E-state index in [1.807, 2.05) is 26.0 Å². The standard InChI is InChI=1S/C19H19NO6/c1-12-4-3-5-15(13(12)2)23-10-19(22)24-9-18(21)20-14-6-7-16-17(8-14)26-11-25-16/h3-8H,9-11H2,1-2H3,(H,20,21). The number of amides is 1. The highest BCUT2D eigenvalue weighted by Gasteiger charge is 2.15. The molecule has 7 nitrogen and oxygen atoms in total. The van der Waals surface area contributed by atoms with Gasteiger partial charge in [0.05, 0.1) is 0 Å². The summed E-state index contributed by atoms with van der Waals surface area (Å²) in [6, 6.07) is 10.6. The van der Waals surface area contributed by atoms with Crippen molar-refractivity contribution in [1.29, 1.82) is 0 Å². The fourth-order valence-electron chi connectivity index (χ4n) is 2.38. The molecule has 1 amide bonds. The Morgan fingerprint density at radius 1 is 1.08 bits per heavy atom. The van der Waals surface area contributed by atoms with E-state index in [1.54, 1.807) is 24.3 Å². The van der Waals surface area contributed by atoms with Gasteiger partial charge in [-0.1, -0.05) is 12.1 Å². The number of rotatable bonds is 6. The van der Waals surface area contributed by atoms with Crippen molar-refractivity contribution in [1.82, 2.24) is 0 Å². The first-order chi connectivity index (χ1) is 12.5. The molecule has 3 rings (SSSR count). The van der Waals surface area contributed by atoms with E-state index in [4.69, 9.17) is 18.9 Å². The van der Waals surface area contributed by atoms with Crippen molar-refractivity contribution >= 4 is 17.6 Å². The molecule has 1 heterocycles. The number of nitrogens with one attached hydrogen (secondary N) is 1. The summed E-state index contributed by atoms with van der Waals surface area (Å²) in [7, 11) is 0. The van der Waals surface area contributed by atoms with Crippen LogP contribution < -0.4 is 19.5 Å². The van der Waals surface area contributed by atoms with Gasteiger partial charge in [0.15, 0.2) is 24.7 Å². The quantitative estimate of drug-likeness (QED) is 0.800. The second kappa shape index (κ2) is 7.77. The van der Waals surface area contributed by atoms with Gasteiger partial charge in [-0.05, 0) is 43.2 Å². The number of hydrogen-bond acceptors (Lipinski definition) is 6. The molecule has 0 bridgehead atoms. The van der Waals surface area contributed by atoms with Gasteiger partial charge < -0.3 is 24.3 Å². The van der Waals surface area contributed by atoms with Gasteiger partial charge >= 0.3 is 5.97 Å². The zero-order valence-electron chi connectivity index (χ0n) is 14.5. The molecule has 7 heteroatoms. The molecule has 0 spiro atoms. The van der Waals surface area contributed by atoms with Crippen LogP contribution in [0, 0.1) is 13.8 Å². The van der Waals surface area contributed by atoms with E-state index in [0.29, 0.717) is 22.9 Å². The monoisotopic (exact) mass is 357 g/mol. The Bertz CT molecular complexity index is 833. The predicted molar refractivity (Wildman–Crippen MR) is 93.6 cm³/mol. The van der Waals surface area contributed by atoms with Crippen LogP contribution in [0.15, 0.2) is 36.4 Å². The first kappa shape index (κ1) is 17.6. The number of ether oxygens (including phenoxy) is 4. The minimum absolute atomic E-state index is 0.157. The van der Waals surface area contributed by atoms with Crippen molar-refractivity contribution in [3.05, 3.63) is 47.5 Å². The molecule has 0 radical (unpaired) electrons. The fourth-order valence-corrected chi connectivity index (χ4v) is 2.38. The summed E-state index contributed by atoms with van der Waals surface area (Å²) in [6.07, 6.45) is 0. The molecule has 2 aromatic carbocycles. The normalized spacial score (nSPS) is 11.8. The maximum atomic E-state index is 11.9. The van der Waals surface area contributed by atoms with Crippen LogP contribution in [0.25, 0.3) is 0 Å². The smallest absolute Gasteiger partial charge is 0.344 e. The number of fused-ring (bicyclic) bond motifs is 1. The van der Waals surface area contributed by atoms with E-state index < -0.39 is 18.5 Å². The Balaban J connectivity index is 1.44. The summed E-state index contributed by atoms with van der Waals surface area (Å²) in [5.74, 6) is 0.724. The van der Waals surface area contributed by atoms with Crippen molar-refractivity contribution in [2.75, 3.05) is 25.3 Å². The van der Waals surface area contributed by atoms with Gasteiger partial charge in [0.25, 0.3) is 5.91 Å². The van der Waals surface area contributed by atoms with Gasteiger partial charge in [-0.15, -0.1) is 0 Å². The molecule has 0 atom stereocenters. The Labute approximate surface area is 150 Å². The Morgan fingerprint density at radius 3 is 2.73 bits per heavy atom. The second-order valence-corrected chi connectivity index (χ2v) is 5.76. The number of anilines is 1. The zero-order valence-corrected chi connectivity index (χ0v) is 14.5. The molecule has 0 unspecified atom stereocenters. The molecule has 1 aliphatic heterocycles. The summed E-state index contributed by atoms with van der Waals surface area (Å²) in [5, 5.41) is 2.62. The lowest BCUT2D eigenvalue weighted by Crippen LogP contribution is -2.23. The third-order valence-corrected chi connectivity index (χ3v) is 3.92. The highest BCUT2D eigenvalue weighted by atomic mass is 16.7. The minimum atomic E-state index is -0.619. The summed E-state index contributed by atoms with van der Waals surface area (Å²) in [6.45, 7) is 3.37. The Hall–Kier alpha value is -3.22. The topological polar surface area (TPSA) is 83.1 Å². The van der Waals surface area contributed by atoms with Crippen LogP contribution in [0.4, 0.5) is 5.69 Å². The predicted octanol–water partition coefficient (Wildman–Crippen LogP) is 2.59. The third kappa shape index (κ3) is 4.24. The van der Waals surface area contributed by atoms with E-state index in [-0.39, 0.29) is 13.4 Å². The van der Waals surface area contributed by atoms with Gasteiger partial charge in [0.1, 0.15) is 5.75 Å². The highest BCUT2D eigenvalue weighted by Crippen LogP contribution is 2.34. The van der Waals surface area contributed by atoms with Crippen LogP contribution in [-0.4, -0.2) is 31.9 Å². The number of carbonyl (C=O) groups excluding carboxylic acids is 2. The molecule has 0 saturated heterocycles. The number of esters is 1. The highest BCUT2D eigenvalue weighted by molar-refractivity contribution is 5.93. The Morgan fingerprint density at radius 2 is 1.88 bits per heavy atom. The van der Waals surface area contributed by atoms with Gasteiger partial charge in [-0.25, -0.2) is 4.79 Å². The number of hydrogen-bond donors (Lipinski definition) is 1. The number of aryl methyl sites for hydroxylation is 1. The molecule has 0 aromatic heterocycles. The maximum Gasteiger partial charge on any atom is 0.344 e. The lowest BCUT2D eigenvalue weighted by molar-refractivity contribution is -0.149. The molecule has 1 aliphatic rings. The zero-order chi connectivity index (χ0) is 18.5. The van der Waals surface area contributed by atoms with E-state index in [9.17, 15) is 9.59 Å². The SMILES string of the molecule is Cc1cccc(OCC(=O)OCC(=O)Nc2ccc3c(c2)OCO3)c1C. The largest absolute Gasteiger partial charge is 0.482 e. The molecule has 0 fully saturated rings.